The zero-order chi connectivity index (χ0) is 14.5. The Kier molecular flexibility index (Phi) is 10.5. The summed E-state index contributed by atoms with van der Waals surface area (Å²) in [4.78, 5) is 20.9. The highest BCUT2D eigenvalue weighted by molar-refractivity contribution is 5.79. The van der Waals surface area contributed by atoms with Crippen LogP contribution >= 0.6 is 0 Å². The molecule has 0 aromatic rings. The van der Waals surface area contributed by atoms with E-state index in [0.717, 1.165) is 51.4 Å². The van der Waals surface area contributed by atoms with Crippen LogP contribution < -0.4 is 0 Å². The van der Waals surface area contributed by atoms with E-state index in [-0.39, 0.29) is 0 Å². The molecule has 2 heteroatoms. The Morgan fingerprint density at radius 3 is 0.700 bits per heavy atom. The van der Waals surface area contributed by atoms with Gasteiger partial charge in [0, 0.05) is 25.7 Å². The molecule has 0 amide bonds. The lowest BCUT2D eigenvalue weighted by Gasteiger charge is -2.05. The molecule has 116 valence electrons. The Hall–Kier alpha value is -0.660. The van der Waals surface area contributed by atoms with Gasteiger partial charge in [-0.05, 0) is 25.7 Å². The fraction of sp³-hybridized carbons (Fsp3) is 0.889. The summed E-state index contributed by atoms with van der Waals surface area (Å²) in [5, 5.41) is 0. The second-order valence-corrected chi connectivity index (χ2v) is 6.32. The van der Waals surface area contributed by atoms with Crippen LogP contribution in [0.15, 0.2) is 0 Å². The van der Waals surface area contributed by atoms with E-state index in [1.54, 1.807) is 0 Å². The first-order valence-corrected chi connectivity index (χ1v) is 8.82. The van der Waals surface area contributed by atoms with Gasteiger partial charge in [0.15, 0.2) is 0 Å². The highest BCUT2D eigenvalue weighted by Gasteiger charge is 2.06. The largest absolute Gasteiger partial charge is 0.300 e. The summed E-state index contributed by atoms with van der Waals surface area (Å²) < 4.78 is 0. The Bertz CT molecular complexity index is 217. The lowest BCUT2D eigenvalue weighted by molar-refractivity contribution is -0.121. The summed E-state index contributed by atoms with van der Waals surface area (Å²) in [5.41, 5.74) is 0. The third-order valence-electron chi connectivity index (χ3n) is 4.32. The van der Waals surface area contributed by atoms with Gasteiger partial charge in [-0.1, -0.05) is 51.4 Å². The van der Waals surface area contributed by atoms with Crippen LogP contribution in [0, 0.1) is 0 Å². The average Bonchev–Trinajstić information content (AvgIpc) is 2.52. The van der Waals surface area contributed by atoms with Crippen LogP contribution in [0.5, 0.6) is 0 Å². The van der Waals surface area contributed by atoms with Crippen LogP contribution in [0.2, 0.25) is 0 Å². The molecular weight excluding hydrogens is 248 g/mol. The number of carbonyl (C=O) groups excluding carboxylic acids is 2. The normalized spacial score (nSPS) is 23.0. The molecule has 0 radical (unpaired) electrons. The van der Waals surface area contributed by atoms with Crippen molar-refractivity contribution in [1.29, 1.82) is 0 Å². The molecule has 2 nitrogen and oxygen atoms in total. The number of ketones is 2. The predicted molar refractivity (Wildman–Crippen MR) is 83.9 cm³/mol. The van der Waals surface area contributed by atoms with Gasteiger partial charge in [-0.25, -0.2) is 0 Å². The van der Waals surface area contributed by atoms with Gasteiger partial charge in [0.2, 0.25) is 0 Å². The maximum absolute atomic E-state index is 10.5. The van der Waals surface area contributed by atoms with Crippen LogP contribution in [0.3, 0.4) is 0 Å². The predicted octanol–water partition coefficient (Wildman–Crippen LogP) is 5.38. The molecule has 0 saturated heterocycles. The van der Waals surface area contributed by atoms with E-state index in [0.29, 0.717) is 11.6 Å². The van der Waals surface area contributed by atoms with E-state index in [1.165, 1.54) is 51.4 Å². The van der Waals surface area contributed by atoms with E-state index < -0.39 is 0 Å². The van der Waals surface area contributed by atoms with Crippen molar-refractivity contribution in [2.24, 2.45) is 0 Å². The van der Waals surface area contributed by atoms with Crippen molar-refractivity contribution >= 4 is 11.6 Å². The molecule has 0 aliphatic heterocycles. The van der Waals surface area contributed by atoms with Crippen LogP contribution in [0.4, 0.5) is 0 Å². The van der Waals surface area contributed by atoms with Crippen molar-refractivity contribution in [2.75, 3.05) is 0 Å². The van der Waals surface area contributed by atoms with Crippen LogP contribution in [0.1, 0.15) is 103 Å². The van der Waals surface area contributed by atoms with E-state index in [1.807, 2.05) is 0 Å². The second-order valence-electron chi connectivity index (χ2n) is 6.32. The zero-order valence-electron chi connectivity index (χ0n) is 13.1. The molecule has 0 N–H and O–H groups in total. The molecule has 0 unspecified atom stereocenters. The Morgan fingerprint density at radius 2 is 0.550 bits per heavy atom. The number of hydrogen-bond acceptors (Lipinski definition) is 2. The highest BCUT2D eigenvalue weighted by Crippen LogP contribution is 2.15. The molecule has 0 spiro atoms. The van der Waals surface area contributed by atoms with Crippen LogP contribution in [-0.2, 0) is 9.59 Å². The fourth-order valence-corrected chi connectivity index (χ4v) is 2.95. The Labute approximate surface area is 124 Å². The third-order valence-corrected chi connectivity index (χ3v) is 4.32. The summed E-state index contributed by atoms with van der Waals surface area (Å²) in [6.45, 7) is 0. The maximum atomic E-state index is 10.5. The van der Waals surface area contributed by atoms with Gasteiger partial charge in [-0.2, -0.15) is 0 Å². The summed E-state index contributed by atoms with van der Waals surface area (Å²) in [6, 6.07) is 0. The smallest absolute Gasteiger partial charge is 0.132 e. The summed E-state index contributed by atoms with van der Waals surface area (Å²) in [6.07, 6.45) is 19.5. The fourth-order valence-electron chi connectivity index (χ4n) is 2.95. The maximum Gasteiger partial charge on any atom is 0.132 e. The second kappa shape index (κ2) is 12.1. The van der Waals surface area contributed by atoms with Crippen LogP contribution in [-0.4, -0.2) is 11.6 Å². The van der Waals surface area contributed by atoms with Crippen LogP contribution in [0.25, 0.3) is 0 Å². The molecule has 3 rings (SSSR count). The van der Waals surface area contributed by atoms with Crippen molar-refractivity contribution < 1.29 is 9.59 Å². The lowest BCUT2D eigenvalue weighted by atomic mass is 10.00. The van der Waals surface area contributed by atoms with Gasteiger partial charge in [-0.15, -0.1) is 0 Å². The number of rotatable bonds is 0. The van der Waals surface area contributed by atoms with Crippen molar-refractivity contribution in [2.45, 2.75) is 103 Å². The minimum Gasteiger partial charge on any atom is -0.300 e. The minimum absolute atomic E-state index is 0.464. The molecule has 0 aromatic heterocycles. The van der Waals surface area contributed by atoms with E-state index in [4.69, 9.17) is 0 Å². The first-order valence-electron chi connectivity index (χ1n) is 8.82. The quantitative estimate of drug-likeness (QED) is 0.597. The van der Waals surface area contributed by atoms with Crippen molar-refractivity contribution in [3.63, 3.8) is 0 Å². The monoisotopic (exact) mass is 280 g/mol. The van der Waals surface area contributed by atoms with E-state index >= 15 is 0 Å². The molecule has 0 atom stereocenters. The van der Waals surface area contributed by atoms with Gasteiger partial charge in [-0.3, -0.25) is 9.59 Å². The summed E-state index contributed by atoms with van der Waals surface area (Å²) in [7, 11) is 0. The first-order chi connectivity index (χ1) is 9.79. The lowest BCUT2D eigenvalue weighted by Crippen LogP contribution is -2.02. The number of hydrogen-bond donors (Lipinski definition) is 0. The summed E-state index contributed by atoms with van der Waals surface area (Å²) >= 11 is 0. The molecular formula is C18H32O2. The molecule has 3 aliphatic carbocycles. The summed E-state index contributed by atoms with van der Waals surface area (Å²) in [5.74, 6) is 0.928. The van der Waals surface area contributed by atoms with Crippen molar-refractivity contribution in [3.8, 4) is 0 Å². The Morgan fingerprint density at radius 1 is 0.350 bits per heavy atom. The van der Waals surface area contributed by atoms with Crippen molar-refractivity contribution in [3.05, 3.63) is 0 Å². The molecule has 3 fully saturated rings. The number of Topliss-reactive ketones (excluding diaryl/α,β-unsaturated/α-hetero) is 2. The van der Waals surface area contributed by atoms with E-state index in [2.05, 4.69) is 0 Å². The molecule has 20 heavy (non-hydrogen) atoms. The zero-order valence-corrected chi connectivity index (χ0v) is 13.1. The highest BCUT2D eigenvalue weighted by atomic mass is 16.1. The molecule has 0 aromatic carbocycles. The molecule has 0 heterocycles. The number of carbonyl (C=O) groups is 2. The average molecular weight is 280 g/mol. The van der Waals surface area contributed by atoms with Gasteiger partial charge in [0.1, 0.15) is 11.6 Å². The molecule has 0 bridgehead atoms. The third kappa shape index (κ3) is 10.2. The molecule has 3 saturated carbocycles. The van der Waals surface area contributed by atoms with E-state index in [9.17, 15) is 9.59 Å². The topological polar surface area (TPSA) is 34.1 Å². The molecule has 3 aliphatic rings. The van der Waals surface area contributed by atoms with Gasteiger partial charge >= 0.3 is 0 Å². The standard InChI is InChI=1S/2C6H10O.C6H12/c2*7-6-4-2-1-3-5-6;1-2-4-6-5-3-1/h2*1-5H2;1-6H2. The minimum atomic E-state index is 0.464. The van der Waals surface area contributed by atoms with Gasteiger partial charge in [0.05, 0.1) is 0 Å². The van der Waals surface area contributed by atoms with Gasteiger partial charge < -0.3 is 0 Å². The first kappa shape index (κ1) is 17.4. The van der Waals surface area contributed by atoms with Gasteiger partial charge in [0.25, 0.3) is 0 Å². The SMILES string of the molecule is C1CCCCC1.O=C1CCCCC1.O=C1CCCCC1. The Balaban J connectivity index is 0.000000151. The van der Waals surface area contributed by atoms with Crippen molar-refractivity contribution in [1.82, 2.24) is 0 Å².